The van der Waals surface area contributed by atoms with Gasteiger partial charge in [-0.1, -0.05) is 6.42 Å². The maximum atomic E-state index is 11.2. The number of carbonyl (C=O) groups is 1. The second-order valence-electron chi connectivity index (χ2n) is 4.44. The Hall–Kier alpha value is -0.570. The van der Waals surface area contributed by atoms with Crippen molar-refractivity contribution in [3.05, 3.63) is 0 Å². The fourth-order valence-corrected chi connectivity index (χ4v) is 2.77. The molecular weight excluding hydrogens is 164 g/mol. The second-order valence-corrected chi connectivity index (χ2v) is 4.44. The van der Waals surface area contributed by atoms with Crippen molar-refractivity contribution in [2.24, 2.45) is 17.6 Å². The summed E-state index contributed by atoms with van der Waals surface area (Å²) in [4.78, 5) is 13.1. The number of hydrogen-bond donors (Lipinski definition) is 1. The van der Waals surface area contributed by atoms with Crippen molar-refractivity contribution in [2.75, 3.05) is 13.1 Å². The molecule has 0 aromatic carbocycles. The Bertz CT molecular complexity index is 217. The SMILES string of the molecule is CC(=O)N1C[C@@H]2CCC[C@H](N)[C@@H]2C1. The van der Waals surface area contributed by atoms with Crippen LogP contribution in [0.4, 0.5) is 0 Å². The summed E-state index contributed by atoms with van der Waals surface area (Å²) in [5.74, 6) is 1.48. The number of nitrogens with two attached hydrogens (primary N) is 1. The molecule has 1 heterocycles. The number of rotatable bonds is 0. The summed E-state index contributed by atoms with van der Waals surface area (Å²) in [6.45, 7) is 3.51. The predicted molar refractivity (Wildman–Crippen MR) is 51.1 cm³/mol. The smallest absolute Gasteiger partial charge is 0.219 e. The normalized spacial score (nSPS) is 38.9. The van der Waals surface area contributed by atoms with Crippen LogP contribution in [0.1, 0.15) is 26.2 Å². The quantitative estimate of drug-likeness (QED) is 0.596. The standard InChI is InChI=1S/C10H18N2O/c1-7(13)12-5-8-3-2-4-10(11)9(8)6-12/h8-10H,2-6,11H2,1H3/t8-,9+,10-/m0/s1. The number of nitrogens with zero attached hydrogens (tertiary/aromatic N) is 1. The zero-order chi connectivity index (χ0) is 9.42. The Morgan fingerprint density at radius 3 is 2.77 bits per heavy atom. The van der Waals surface area contributed by atoms with Gasteiger partial charge in [0.25, 0.3) is 0 Å². The average molecular weight is 182 g/mol. The molecule has 3 atom stereocenters. The molecule has 3 nitrogen and oxygen atoms in total. The molecule has 2 aliphatic rings. The number of fused-ring (bicyclic) bond motifs is 1. The van der Waals surface area contributed by atoms with Crippen LogP contribution in [0.15, 0.2) is 0 Å². The first-order valence-electron chi connectivity index (χ1n) is 5.19. The molecule has 1 aliphatic heterocycles. The topological polar surface area (TPSA) is 46.3 Å². The third kappa shape index (κ3) is 1.57. The molecule has 2 rings (SSSR count). The lowest BCUT2D eigenvalue weighted by Crippen LogP contribution is -2.38. The molecular formula is C10H18N2O. The molecule has 0 unspecified atom stereocenters. The summed E-state index contributed by atoms with van der Waals surface area (Å²) in [5.41, 5.74) is 6.04. The van der Waals surface area contributed by atoms with Crippen molar-refractivity contribution in [1.29, 1.82) is 0 Å². The van der Waals surface area contributed by atoms with Crippen LogP contribution in [0.25, 0.3) is 0 Å². The molecule has 1 saturated heterocycles. The van der Waals surface area contributed by atoms with Crippen LogP contribution in [0, 0.1) is 11.8 Å². The van der Waals surface area contributed by atoms with Crippen LogP contribution in [-0.2, 0) is 4.79 Å². The molecule has 2 N–H and O–H groups in total. The molecule has 1 amide bonds. The molecule has 0 bridgehead atoms. The number of hydrogen-bond acceptors (Lipinski definition) is 2. The summed E-state index contributed by atoms with van der Waals surface area (Å²) in [6, 6.07) is 0.336. The molecule has 0 spiro atoms. The van der Waals surface area contributed by atoms with E-state index in [0.717, 1.165) is 19.5 Å². The first kappa shape index (κ1) is 9.00. The van der Waals surface area contributed by atoms with Crippen molar-refractivity contribution < 1.29 is 4.79 Å². The fourth-order valence-electron chi connectivity index (χ4n) is 2.77. The highest BCUT2D eigenvalue weighted by atomic mass is 16.2. The Labute approximate surface area is 79.3 Å². The summed E-state index contributed by atoms with van der Waals surface area (Å²) in [5, 5.41) is 0. The van der Waals surface area contributed by atoms with Gasteiger partial charge in [0.05, 0.1) is 0 Å². The van der Waals surface area contributed by atoms with Crippen LogP contribution in [-0.4, -0.2) is 29.9 Å². The van der Waals surface area contributed by atoms with Gasteiger partial charge in [0.2, 0.25) is 5.91 Å². The van der Waals surface area contributed by atoms with E-state index < -0.39 is 0 Å². The summed E-state index contributed by atoms with van der Waals surface area (Å²) >= 11 is 0. The van der Waals surface area contributed by atoms with Crippen molar-refractivity contribution >= 4 is 5.91 Å². The molecule has 3 heteroatoms. The zero-order valence-corrected chi connectivity index (χ0v) is 8.20. The highest BCUT2D eigenvalue weighted by molar-refractivity contribution is 5.73. The number of likely N-dealkylation sites (tertiary alicyclic amines) is 1. The van der Waals surface area contributed by atoms with E-state index in [4.69, 9.17) is 5.73 Å². The van der Waals surface area contributed by atoms with Gasteiger partial charge in [-0.15, -0.1) is 0 Å². The Morgan fingerprint density at radius 1 is 1.38 bits per heavy atom. The van der Waals surface area contributed by atoms with Crippen molar-refractivity contribution in [3.8, 4) is 0 Å². The molecule has 2 fully saturated rings. The van der Waals surface area contributed by atoms with E-state index in [1.165, 1.54) is 12.8 Å². The van der Waals surface area contributed by atoms with Gasteiger partial charge < -0.3 is 10.6 Å². The van der Waals surface area contributed by atoms with Gasteiger partial charge in [0.15, 0.2) is 0 Å². The zero-order valence-electron chi connectivity index (χ0n) is 8.20. The van der Waals surface area contributed by atoms with E-state index in [1.807, 2.05) is 4.90 Å². The first-order valence-corrected chi connectivity index (χ1v) is 5.19. The summed E-state index contributed by atoms with van der Waals surface area (Å²) in [7, 11) is 0. The summed E-state index contributed by atoms with van der Waals surface area (Å²) < 4.78 is 0. The van der Waals surface area contributed by atoms with E-state index in [2.05, 4.69) is 0 Å². The summed E-state index contributed by atoms with van der Waals surface area (Å²) in [6.07, 6.45) is 3.66. The van der Waals surface area contributed by atoms with Crippen LogP contribution >= 0.6 is 0 Å². The van der Waals surface area contributed by atoms with Gasteiger partial charge in [-0.2, -0.15) is 0 Å². The molecule has 13 heavy (non-hydrogen) atoms. The van der Waals surface area contributed by atoms with E-state index in [9.17, 15) is 4.79 Å². The number of carbonyl (C=O) groups excluding carboxylic acids is 1. The minimum Gasteiger partial charge on any atom is -0.342 e. The molecule has 74 valence electrons. The molecule has 0 aromatic heterocycles. The Balaban J connectivity index is 2.04. The van der Waals surface area contributed by atoms with Gasteiger partial charge in [-0.25, -0.2) is 0 Å². The predicted octanol–water partition coefficient (Wildman–Crippen LogP) is 0.592. The second kappa shape index (κ2) is 3.29. The van der Waals surface area contributed by atoms with Crippen LogP contribution in [0.2, 0.25) is 0 Å². The van der Waals surface area contributed by atoms with Gasteiger partial charge >= 0.3 is 0 Å². The monoisotopic (exact) mass is 182 g/mol. The highest BCUT2D eigenvalue weighted by Crippen LogP contribution is 2.35. The maximum Gasteiger partial charge on any atom is 0.219 e. The lowest BCUT2D eigenvalue weighted by Gasteiger charge is -2.29. The third-order valence-corrected chi connectivity index (χ3v) is 3.60. The molecule has 1 saturated carbocycles. The van der Waals surface area contributed by atoms with Crippen molar-refractivity contribution in [3.63, 3.8) is 0 Å². The molecule has 0 radical (unpaired) electrons. The van der Waals surface area contributed by atoms with E-state index in [0.29, 0.717) is 17.9 Å². The third-order valence-electron chi connectivity index (χ3n) is 3.60. The van der Waals surface area contributed by atoms with E-state index in [1.54, 1.807) is 6.92 Å². The van der Waals surface area contributed by atoms with Crippen LogP contribution in [0.3, 0.4) is 0 Å². The van der Waals surface area contributed by atoms with Crippen LogP contribution < -0.4 is 5.73 Å². The van der Waals surface area contributed by atoms with Crippen molar-refractivity contribution in [2.45, 2.75) is 32.2 Å². The Kier molecular flexibility index (Phi) is 2.28. The first-order chi connectivity index (χ1) is 6.18. The van der Waals surface area contributed by atoms with E-state index in [-0.39, 0.29) is 5.91 Å². The molecule has 0 aromatic rings. The van der Waals surface area contributed by atoms with Gasteiger partial charge in [-0.05, 0) is 24.7 Å². The fraction of sp³-hybridized carbons (Fsp3) is 0.900. The Morgan fingerprint density at radius 2 is 2.15 bits per heavy atom. The van der Waals surface area contributed by atoms with Gasteiger partial charge in [0, 0.05) is 26.1 Å². The lowest BCUT2D eigenvalue weighted by atomic mass is 9.78. The molecule has 1 aliphatic carbocycles. The minimum absolute atomic E-state index is 0.210. The van der Waals surface area contributed by atoms with Gasteiger partial charge in [0.1, 0.15) is 0 Å². The van der Waals surface area contributed by atoms with Gasteiger partial charge in [-0.3, -0.25) is 4.79 Å². The van der Waals surface area contributed by atoms with E-state index >= 15 is 0 Å². The largest absolute Gasteiger partial charge is 0.342 e. The minimum atomic E-state index is 0.210. The average Bonchev–Trinajstić information content (AvgIpc) is 2.49. The lowest BCUT2D eigenvalue weighted by molar-refractivity contribution is -0.128. The highest BCUT2D eigenvalue weighted by Gasteiger charge is 2.39. The van der Waals surface area contributed by atoms with Crippen LogP contribution in [0.5, 0.6) is 0 Å². The number of amides is 1. The van der Waals surface area contributed by atoms with Crippen molar-refractivity contribution in [1.82, 2.24) is 4.90 Å². The maximum absolute atomic E-state index is 11.2.